The molecule has 3 N–H and O–H groups in total. The summed E-state index contributed by atoms with van der Waals surface area (Å²) in [5, 5.41) is 9.12. The van der Waals surface area contributed by atoms with E-state index in [1.165, 1.54) is 0 Å². The zero-order chi connectivity index (χ0) is 9.90. The number of carbonyl (C=O) groups is 1. The van der Waals surface area contributed by atoms with E-state index in [9.17, 15) is 4.79 Å². The van der Waals surface area contributed by atoms with Gasteiger partial charge >= 0.3 is 5.97 Å². The number of aliphatic carboxylic acids is 1. The molecule has 1 aliphatic rings. The Balaban J connectivity index is 2.57. The van der Waals surface area contributed by atoms with Gasteiger partial charge in [-0.2, -0.15) is 11.8 Å². The van der Waals surface area contributed by atoms with Crippen molar-refractivity contribution < 1.29 is 9.90 Å². The molecule has 0 aliphatic carbocycles. The van der Waals surface area contributed by atoms with E-state index < -0.39 is 11.5 Å². The van der Waals surface area contributed by atoms with Crippen LogP contribution in [0.2, 0.25) is 6.32 Å². The highest BCUT2D eigenvalue weighted by atomic mass is 32.2. The number of nitrogens with two attached hydrogens (primary N) is 1. The third kappa shape index (κ3) is 2.20. The van der Waals surface area contributed by atoms with E-state index >= 15 is 0 Å². The average Bonchev–Trinajstić information content (AvgIpc) is 2.45. The van der Waals surface area contributed by atoms with Gasteiger partial charge in [0.25, 0.3) is 0 Å². The fraction of sp³-hybridized carbons (Fsp3) is 0.875. The lowest BCUT2D eigenvalue weighted by Crippen LogP contribution is -2.53. The van der Waals surface area contributed by atoms with Crippen molar-refractivity contribution in [2.45, 2.75) is 36.4 Å². The number of thioether (sulfide) groups is 1. The summed E-state index contributed by atoms with van der Waals surface area (Å²) in [5.41, 5.74) is 4.91. The number of hydrogen-bond acceptors (Lipinski definition) is 3. The van der Waals surface area contributed by atoms with Gasteiger partial charge in [0.2, 0.25) is 0 Å². The van der Waals surface area contributed by atoms with Gasteiger partial charge in [0, 0.05) is 5.25 Å². The number of carboxylic acid groups (broad SMARTS) is 1. The maximum Gasteiger partial charge on any atom is 0.324 e. The molecule has 0 radical (unpaired) electrons. The van der Waals surface area contributed by atoms with Crippen LogP contribution in [0.25, 0.3) is 0 Å². The molecule has 5 heteroatoms. The smallest absolute Gasteiger partial charge is 0.324 e. The van der Waals surface area contributed by atoms with Gasteiger partial charge in [-0.25, -0.2) is 0 Å². The molecule has 0 aromatic heterocycles. The summed E-state index contributed by atoms with van der Waals surface area (Å²) >= 11 is 1.71. The number of carboxylic acids is 1. The van der Waals surface area contributed by atoms with Crippen molar-refractivity contribution >= 4 is 25.6 Å². The van der Waals surface area contributed by atoms with Gasteiger partial charge in [-0.3, -0.25) is 4.79 Å². The lowest BCUT2D eigenvalue weighted by molar-refractivity contribution is -0.143. The van der Waals surface area contributed by atoms with Crippen molar-refractivity contribution in [1.29, 1.82) is 0 Å². The third-order valence-corrected chi connectivity index (χ3v) is 4.13. The molecule has 13 heavy (non-hydrogen) atoms. The topological polar surface area (TPSA) is 63.3 Å². The maximum absolute atomic E-state index is 11.0. The highest BCUT2D eigenvalue weighted by Crippen LogP contribution is 2.37. The second-order valence-electron chi connectivity index (χ2n) is 3.60. The van der Waals surface area contributed by atoms with E-state index in [0.29, 0.717) is 6.42 Å². The first-order valence-corrected chi connectivity index (χ1v) is 5.80. The van der Waals surface area contributed by atoms with Crippen molar-refractivity contribution in [2.24, 2.45) is 5.73 Å². The van der Waals surface area contributed by atoms with Crippen molar-refractivity contribution in [1.82, 2.24) is 0 Å². The molecule has 1 aliphatic heterocycles. The molecule has 1 fully saturated rings. The number of hydrogen-bond donors (Lipinski definition) is 2. The Labute approximate surface area is 83.9 Å². The molecule has 1 saturated heterocycles. The van der Waals surface area contributed by atoms with E-state index in [2.05, 4.69) is 7.85 Å². The van der Waals surface area contributed by atoms with Gasteiger partial charge in [0.1, 0.15) is 13.4 Å². The van der Waals surface area contributed by atoms with E-state index in [4.69, 9.17) is 10.8 Å². The molecule has 1 rings (SSSR count). The van der Waals surface area contributed by atoms with Gasteiger partial charge < -0.3 is 10.8 Å². The first-order valence-electron chi connectivity index (χ1n) is 4.75. The summed E-state index contributed by atoms with van der Waals surface area (Å²) in [4.78, 5) is 11.0. The van der Waals surface area contributed by atoms with Crippen molar-refractivity contribution in [2.75, 3.05) is 5.75 Å². The van der Waals surface area contributed by atoms with Crippen LogP contribution in [-0.4, -0.2) is 35.5 Å². The Morgan fingerprint density at radius 1 is 1.77 bits per heavy atom. The molecule has 0 aromatic carbocycles. The third-order valence-electron chi connectivity index (χ3n) is 2.63. The van der Waals surface area contributed by atoms with Crippen LogP contribution in [0.5, 0.6) is 0 Å². The van der Waals surface area contributed by atoms with Crippen LogP contribution in [0.4, 0.5) is 0 Å². The van der Waals surface area contributed by atoms with Gasteiger partial charge in [0.05, 0.1) is 0 Å². The predicted octanol–water partition coefficient (Wildman–Crippen LogP) is 0.106. The van der Waals surface area contributed by atoms with Crippen LogP contribution in [0.1, 0.15) is 19.3 Å². The molecule has 0 aromatic rings. The molecule has 3 nitrogen and oxygen atoms in total. The second kappa shape index (κ2) is 4.37. The van der Waals surface area contributed by atoms with Crippen LogP contribution >= 0.6 is 11.8 Å². The summed E-state index contributed by atoms with van der Waals surface area (Å²) in [6.45, 7) is 0. The van der Waals surface area contributed by atoms with Crippen molar-refractivity contribution in [3.05, 3.63) is 0 Å². The summed E-state index contributed by atoms with van der Waals surface area (Å²) in [6.07, 6.45) is 3.72. The van der Waals surface area contributed by atoms with Crippen LogP contribution < -0.4 is 5.73 Å². The Hall–Kier alpha value is -0.155. The first kappa shape index (κ1) is 10.9. The van der Waals surface area contributed by atoms with E-state index in [-0.39, 0.29) is 5.25 Å². The quantitative estimate of drug-likeness (QED) is 0.633. The Morgan fingerprint density at radius 2 is 2.46 bits per heavy atom. The lowest BCUT2D eigenvalue weighted by atomic mass is 9.88. The minimum absolute atomic E-state index is 0.116. The van der Waals surface area contributed by atoms with Crippen LogP contribution in [-0.2, 0) is 4.79 Å². The molecular formula is C8H16BNO2S. The number of rotatable bonds is 4. The molecule has 1 heterocycles. The van der Waals surface area contributed by atoms with Crippen LogP contribution in [0.15, 0.2) is 0 Å². The Kier molecular flexibility index (Phi) is 3.68. The maximum atomic E-state index is 11.0. The van der Waals surface area contributed by atoms with E-state index in [1.54, 1.807) is 11.8 Å². The van der Waals surface area contributed by atoms with Gasteiger partial charge in [0.15, 0.2) is 0 Å². The molecule has 0 bridgehead atoms. The Morgan fingerprint density at radius 3 is 3.00 bits per heavy atom. The van der Waals surface area contributed by atoms with Crippen LogP contribution in [0, 0.1) is 0 Å². The largest absolute Gasteiger partial charge is 0.480 e. The SMILES string of the molecule is BCCCC1SCCC1(N)C(=O)O. The van der Waals surface area contributed by atoms with E-state index in [1.807, 2.05) is 0 Å². The predicted molar refractivity (Wildman–Crippen MR) is 58.0 cm³/mol. The fourth-order valence-corrected chi connectivity index (χ4v) is 3.24. The van der Waals surface area contributed by atoms with Crippen molar-refractivity contribution in [3.8, 4) is 0 Å². The molecule has 0 saturated carbocycles. The minimum atomic E-state index is -0.958. The van der Waals surface area contributed by atoms with Gasteiger partial charge in [-0.15, -0.1) is 0 Å². The average molecular weight is 201 g/mol. The minimum Gasteiger partial charge on any atom is -0.480 e. The molecule has 2 atom stereocenters. The zero-order valence-electron chi connectivity index (χ0n) is 7.95. The molecule has 0 spiro atoms. The molecule has 2 unspecified atom stereocenters. The summed E-state index contributed by atoms with van der Waals surface area (Å²) in [7, 11) is 2.11. The molecular weight excluding hydrogens is 185 g/mol. The van der Waals surface area contributed by atoms with Gasteiger partial charge in [-0.1, -0.05) is 12.7 Å². The van der Waals surface area contributed by atoms with Crippen LogP contribution in [0.3, 0.4) is 0 Å². The lowest BCUT2D eigenvalue weighted by Gasteiger charge is -2.25. The summed E-state index contributed by atoms with van der Waals surface area (Å²) in [5.74, 6) is 0.0515. The Bertz CT molecular complexity index is 203. The summed E-state index contributed by atoms with van der Waals surface area (Å²) in [6, 6.07) is 0. The second-order valence-corrected chi connectivity index (χ2v) is 4.91. The standard InChI is InChI=1S/C8H16BNO2S/c9-4-1-2-6-8(10,7(11)12)3-5-13-6/h6H,1-5,9-10H2,(H,11,12). The van der Waals surface area contributed by atoms with Crippen molar-refractivity contribution in [3.63, 3.8) is 0 Å². The highest BCUT2D eigenvalue weighted by molar-refractivity contribution is 8.00. The molecule has 0 amide bonds. The van der Waals surface area contributed by atoms with Gasteiger partial charge in [-0.05, 0) is 18.6 Å². The zero-order valence-corrected chi connectivity index (χ0v) is 8.77. The molecule has 74 valence electrons. The summed E-state index contributed by atoms with van der Waals surface area (Å²) < 4.78 is 0. The fourth-order valence-electron chi connectivity index (χ4n) is 1.65. The highest BCUT2D eigenvalue weighted by Gasteiger charge is 2.45. The van der Waals surface area contributed by atoms with E-state index in [0.717, 1.165) is 24.9 Å². The first-order chi connectivity index (χ1) is 6.11. The normalized spacial score (nSPS) is 33.5. The monoisotopic (exact) mass is 201 g/mol.